The molecule has 1 aliphatic carbocycles. The Labute approximate surface area is 96.1 Å². The van der Waals surface area contributed by atoms with Gasteiger partial charge in [0.2, 0.25) is 0 Å². The normalized spacial score (nSPS) is 11.3. The van der Waals surface area contributed by atoms with Gasteiger partial charge in [-0.05, 0) is 0 Å². The standard InChI is InChI=1S/C6H5.C5H5.Zr.2H/c1-2-4-6-5-3-1;1-2-4-5-3-1;;;/h1-5H;1-3H,4H2;;;/q2*-1;+4;2*-1. The quantitative estimate of drug-likeness (QED) is 0.606. The largest absolute Gasteiger partial charge is 4.00 e. The molecule has 2 rings (SSSR count). The summed E-state index contributed by atoms with van der Waals surface area (Å²) in [5, 5.41) is 0. The molecule has 60 valence electrons. The number of hydrogen-bond donors (Lipinski definition) is 0. The first-order valence-electron chi connectivity index (χ1n) is 3.63. The van der Waals surface area contributed by atoms with E-state index in [1.807, 2.05) is 42.5 Å². The van der Waals surface area contributed by atoms with E-state index in [1.54, 1.807) is 0 Å². The van der Waals surface area contributed by atoms with E-state index < -0.39 is 0 Å². The van der Waals surface area contributed by atoms with Crippen molar-refractivity contribution in [2.24, 2.45) is 0 Å². The smallest absolute Gasteiger partial charge is 1.00 e. The zero-order valence-electron chi connectivity index (χ0n) is 8.83. The third-order valence-corrected chi connectivity index (χ3v) is 1.19. The summed E-state index contributed by atoms with van der Waals surface area (Å²) >= 11 is 0. The summed E-state index contributed by atoms with van der Waals surface area (Å²) in [5.74, 6) is 0. The third kappa shape index (κ3) is 6.30. The fraction of sp³-hybridized carbons (Fsp3) is 0.0909. The van der Waals surface area contributed by atoms with Crippen molar-refractivity contribution in [2.75, 3.05) is 0 Å². The minimum absolute atomic E-state index is 0. The molecule has 0 radical (unpaired) electrons. The molecule has 0 amide bonds. The Kier molecular flexibility index (Phi) is 8.38. The first kappa shape index (κ1) is 11.6. The van der Waals surface area contributed by atoms with Crippen molar-refractivity contribution in [1.29, 1.82) is 0 Å². The maximum atomic E-state index is 2.99. The number of benzene rings is 1. The summed E-state index contributed by atoms with van der Waals surface area (Å²) in [6.07, 6.45) is 10.0. The van der Waals surface area contributed by atoms with Crippen molar-refractivity contribution < 1.29 is 29.1 Å². The first-order chi connectivity index (χ1) is 5.50. The van der Waals surface area contributed by atoms with Crippen molar-refractivity contribution >= 4 is 0 Å². The summed E-state index contributed by atoms with van der Waals surface area (Å²) < 4.78 is 0. The minimum atomic E-state index is 0. The van der Waals surface area contributed by atoms with Gasteiger partial charge < -0.3 is 2.85 Å². The summed E-state index contributed by atoms with van der Waals surface area (Å²) in [4.78, 5) is 0. The second-order valence-electron chi connectivity index (χ2n) is 2.08. The Morgan fingerprint density at radius 1 is 1.08 bits per heavy atom. The Balaban J connectivity index is -0.000000144. The third-order valence-electron chi connectivity index (χ3n) is 1.19. The number of allylic oxidation sites excluding steroid dienone is 4. The van der Waals surface area contributed by atoms with E-state index in [4.69, 9.17) is 0 Å². The molecule has 0 saturated heterocycles. The van der Waals surface area contributed by atoms with Crippen molar-refractivity contribution in [3.63, 3.8) is 0 Å². The predicted octanol–water partition coefficient (Wildman–Crippen LogP) is 3.01. The average molecular weight is 235 g/mol. The number of hydrogen-bond acceptors (Lipinski definition) is 0. The van der Waals surface area contributed by atoms with Gasteiger partial charge in [-0.2, -0.15) is 42.5 Å². The zero-order valence-corrected chi connectivity index (χ0v) is 9.28. The van der Waals surface area contributed by atoms with E-state index >= 15 is 0 Å². The van der Waals surface area contributed by atoms with Gasteiger partial charge in [0.15, 0.2) is 0 Å². The second kappa shape index (κ2) is 8.68. The molecule has 0 nitrogen and oxygen atoms in total. The van der Waals surface area contributed by atoms with E-state index in [0.717, 1.165) is 6.42 Å². The van der Waals surface area contributed by atoms with Crippen LogP contribution in [0.25, 0.3) is 0 Å². The fourth-order valence-electron chi connectivity index (χ4n) is 0.682. The van der Waals surface area contributed by atoms with Gasteiger partial charge in [0.25, 0.3) is 0 Å². The van der Waals surface area contributed by atoms with Crippen molar-refractivity contribution in [3.05, 3.63) is 60.7 Å². The van der Waals surface area contributed by atoms with Gasteiger partial charge >= 0.3 is 26.2 Å². The van der Waals surface area contributed by atoms with Crippen LogP contribution in [0.2, 0.25) is 0 Å². The summed E-state index contributed by atoms with van der Waals surface area (Å²) in [6.45, 7) is 0. The Morgan fingerprint density at radius 2 is 1.83 bits per heavy atom. The molecule has 0 aliphatic heterocycles. The maximum Gasteiger partial charge on any atom is 4.00 e. The average Bonchev–Trinajstić information content (AvgIpc) is 2.64. The Hall–Kier alpha value is -0.417. The fourth-order valence-corrected chi connectivity index (χ4v) is 0.682. The molecule has 0 N–H and O–H groups in total. The van der Waals surface area contributed by atoms with E-state index in [0.29, 0.717) is 0 Å². The second-order valence-corrected chi connectivity index (χ2v) is 2.08. The molecule has 0 aromatic heterocycles. The molecule has 0 saturated carbocycles. The Morgan fingerprint density at radius 3 is 2.00 bits per heavy atom. The maximum absolute atomic E-state index is 2.99. The number of rotatable bonds is 0. The molecule has 0 heterocycles. The van der Waals surface area contributed by atoms with Crippen molar-refractivity contribution in [2.45, 2.75) is 6.42 Å². The van der Waals surface area contributed by atoms with Crippen molar-refractivity contribution in [3.8, 4) is 0 Å². The molecule has 0 atom stereocenters. The molecule has 0 unspecified atom stereocenters. The topological polar surface area (TPSA) is 0 Å². The van der Waals surface area contributed by atoms with Crippen LogP contribution in [-0.4, -0.2) is 0 Å². The molecule has 1 aromatic rings. The summed E-state index contributed by atoms with van der Waals surface area (Å²) in [6, 6.07) is 12.5. The van der Waals surface area contributed by atoms with Crippen LogP contribution in [0.15, 0.2) is 48.6 Å². The van der Waals surface area contributed by atoms with Crippen molar-refractivity contribution in [1.82, 2.24) is 0 Å². The molecule has 0 spiro atoms. The Bertz CT molecular complexity index is 196. The van der Waals surface area contributed by atoms with Crippen LogP contribution in [0.1, 0.15) is 9.27 Å². The molecule has 12 heavy (non-hydrogen) atoms. The van der Waals surface area contributed by atoms with Crippen LogP contribution in [0.3, 0.4) is 0 Å². The van der Waals surface area contributed by atoms with Gasteiger partial charge in [-0.25, -0.2) is 12.2 Å². The molecule has 1 aromatic carbocycles. The SMILES string of the molecule is [C-]1=CC=CC1.[H-].[H-].[Zr+4].[c-]1ccccc1. The molecule has 1 aliphatic rings. The van der Waals surface area contributed by atoms with E-state index in [1.165, 1.54) is 0 Å². The minimum Gasteiger partial charge on any atom is -1.00 e. The molecular weight excluding hydrogens is 223 g/mol. The van der Waals surface area contributed by atoms with Crippen LogP contribution >= 0.6 is 0 Å². The molecule has 1 heteroatoms. The van der Waals surface area contributed by atoms with Gasteiger partial charge in [-0.1, -0.05) is 0 Å². The van der Waals surface area contributed by atoms with Gasteiger partial charge in [0, 0.05) is 0 Å². The van der Waals surface area contributed by atoms with E-state index in [9.17, 15) is 0 Å². The molecular formula is C11H12Zr. The van der Waals surface area contributed by atoms with Gasteiger partial charge in [-0.15, -0.1) is 6.42 Å². The van der Waals surface area contributed by atoms with Gasteiger partial charge in [-0.3, -0.25) is 6.08 Å². The summed E-state index contributed by atoms with van der Waals surface area (Å²) in [7, 11) is 0. The van der Waals surface area contributed by atoms with Crippen LogP contribution in [-0.2, 0) is 26.2 Å². The van der Waals surface area contributed by atoms with Gasteiger partial charge in [0.1, 0.15) is 0 Å². The van der Waals surface area contributed by atoms with Crippen LogP contribution in [0, 0.1) is 12.1 Å². The predicted molar refractivity (Wildman–Crippen MR) is 49.1 cm³/mol. The van der Waals surface area contributed by atoms with E-state index in [2.05, 4.69) is 18.2 Å². The van der Waals surface area contributed by atoms with Gasteiger partial charge in [0.05, 0.1) is 0 Å². The molecule has 0 fully saturated rings. The summed E-state index contributed by atoms with van der Waals surface area (Å²) in [5.41, 5.74) is 0. The van der Waals surface area contributed by atoms with Crippen LogP contribution in [0.4, 0.5) is 0 Å². The first-order valence-corrected chi connectivity index (χ1v) is 3.63. The van der Waals surface area contributed by atoms with Crippen LogP contribution < -0.4 is 0 Å². The monoisotopic (exact) mass is 234 g/mol. The molecule has 0 bridgehead atoms. The van der Waals surface area contributed by atoms with E-state index in [-0.39, 0.29) is 29.1 Å². The zero-order chi connectivity index (χ0) is 7.78. The van der Waals surface area contributed by atoms with Crippen LogP contribution in [0.5, 0.6) is 0 Å².